The first-order chi connectivity index (χ1) is 6.20. The molecule has 0 radical (unpaired) electrons. The Balaban J connectivity index is 0.000000396. The zero-order valence-electron chi connectivity index (χ0n) is 9.15. The molecule has 0 bridgehead atoms. The van der Waals surface area contributed by atoms with E-state index in [1.807, 2.05) is 13.8 Å². The molecule has 13 heavy (non-hydrogen) atoms. The van der Waals surface area contributed by atoms with Crippen LogP contribution in [0.5, 0.6) is 0 Å². The largest absolute Gasteiger partial charge is 0.305 e. The van der Waals surface area contributed by atoms with Crippen molar-refractivity contribution in [3.8, 4) is 0 Å². The highest BCUT2D eigenvalue weighted by Gasteiger charge is 2.43. The van der Waals surface area contributed by atoms with Gasteiger partial charge in [0, 0.05) is 13.1 Å². The fraction of sp³-hybridized carbons (Fsp3) is 1.00. The molecule has 0 amide bonds. The van der Waals surface area contributed by atoms with Crippen LogP contribution < -0.4 is 0 Å². The van der Waals surface area contributed by atoms with Gasteiger partial charge in [0.25, 0.3) is 0 Å². The van der Waals surface area contributed by atoms with E-state index in [1.54, 1.807) is 0 Å². The average Bonchev–Trinajstić information content (AvgIpc) is 2.11. The van der Waals surface area contributed by atoms with Crippen molar-refractivity contribution in [2.75, 3.05) is 20.1 Å². The molecule has 2 rings (SSSR count). The van der Waals surface area contributed by atoms with Crippen LogP contribution in [0.15, 0.2) is 0 Å². The van der Waals surface area contributed by atoms with E-state index in [1.165, 1.54) is 13.1 Å². The lowest BCUT2D eigenvalue weighted by Crippen LogP contribution is -2.55. The van der Waals surface area contributed by atoms with Crippen LogP contribution >= 0.6 is 0 Å². The first kappa shape index (κ1) is 11.0. The molecular weight excluding hydrogens is 165 g/mol. The standard InChI is InChI=1S/C9H16FN.C2H6/c1-11-6-9(7-11)4-2-8(10)3-5-9;1-2/h8H,2-7H2,1H3;1-2H3. The predicted molar refractivity (Wildman–Crippen MR) is 54.6 cm³/mol. The van der Waals surface area contributed by atoms with Crippen LogP contribution in [-0.4, -0.2) is 31.2 Å². The quantitative estimate of drug-likeness (QED) is 0.563. The third kappa shape index (κ3) is 2.43. The molecule has 0 aromatic heterocycles. The Bertz CT molecular complexity index is 142. The van der Waals surface area contributed by atoms with E-state index < -0.39 is 6.17 Å². The maximum absolute atomic E-state index is 12.8. The van der Waals surface area contributed by atoms with E-state index in [0.29, 0.717) is 5.41 Å². The Hall–Kier alpha value is -0.110. The van der Waals surface area contributed by atoms with E-state index in [9.17, 15) is 4.39 Å². The summed E-state index contributed by atoms with van der Waals surface area (Å²) in [4.78, 5) is 2.33. The number of halogens is 1. The first-order valence-corrected chi connectivity index (χ1v) is 5.53. The summed E-state index contributed by atoms with van der Waals surface area (Å²) < 4.78 is 12.8. The molecule has 2 heteroatoms. The zero-order valence-corrected chi connectivity index (χ0v) is 9.15. The van der Waals surface area contributed by atoms with Crippen LogP contribution in [0.1, 0.15) is 39.5 Å². The molecule has 0 atom stereocenters. The Morgan fingerprint density at radius 2 is 1.62 bits per heavy atom. The van der Waals surface area contributed by atoms with Crippen molar-refractivity contribution in [3.05, 3.63) is 0 Å². The molecule has 1 saturated carbocycles. The van der Waals surface area contributed by atoms with Crippen molar-refractivity contribution in [1.82, 2.24) is 4.90 Å². The second-order valence-electron chi connectivity index (χ2n) is 4.35. The van der Waals surface area contributed by atoms with E-state index >= 15 is 0 Å². The minimum absolute atomic E-state index is 0.494. The Kier molecular flexibility index (Phi) is 3.72. The summed E-state index contributed by atoms with van der Waals surface area (Å²) >= 11 is 0. The van der Waals surface area contributed by atoms with Crippen LogP contribution in [0.25, 0.3) is 0 Å². The van der Waals surface area contributed by atoms with Gasteiger partial charge in [-0.25, -0.2) is 4.39 Å². The summed E-state index contributed by atoms with van der Waals surface area (Å²) in [5, 5.41) is 0. The molecule has 1 aliphatic heterocycles. The molecule has 2 aliphatic rings. The lowest BCUT2D eigenvalue weighted by Gasteiger charge is -2.51. The number of alkyl halides is 1. The lowest BCUT2D eigenvalue weighted by molar-refractivity contribution is -0.0256. The molecule has 78 valence electrons. The van der Waals surface area contributed by atoms with Crippen molar-refractivity contribution < 1.29 is 4.39 Å². The van der Waals surface area contributed by atoms with E-state index in [0.717, 1.165) is 25.7 Å². The molecule has 1 aliphatic carbocycles. The van der Waals surface area contributed by atoms with Crippen molar-refractivity contribution in [2.45, 2.75) is 45.7 Å². The molecule has 0 unspecified atom stereocenters. The highest BCUT2D eigenvalue weighted by Crippen LogP contribution is 2.43. The van der Waals surface area contributed by atoms with Crippen molar-refractivity contribution in [3.63, 3.8) is 0 Å². The van der Waals surface area contributed by atoms with Crippen molar-refractivity contribution in [2.24, 2.45) is 5.41 Å². The molecule has 1 heterocycles. The number of rotatable bonds is 0. The SMILES string of the molecule is CC.CN1CC2(CCC(F)CC2)C1. The normalized spacial score (nSPS) is 27.7. The Morgan fingerprint density at radius 1 is 1.15 bits per heavy atom. The summed E-state index contributed by atoms with van der Waals surface area (Å²) in [5.41, 5.74) is 0.539. The highest BCUT2D eigenvalue weighted by molar-refractivity contribution is 4.96. The van der Waals surface area contributed by atoms with Crippen LogP contribution in [0, 0.1) is 5.41 Å². The molecule has 0 N–H and O–H groups in total. The highest BCUT2D eigenvalue weighted by atomic mass is 19.1. The van der Waals surface area contributed by atoms with Gasteiger partial charge in [0.05, 0.1) is 0 Å². The van der Waals surface area contributed by atoms with Gasteiger partial charge in [-0.2, -0.15) is 0 Å². The number of hydrogen-bond donors (Lipinski definition) is 0. The average molecular weight is 187 g/mol. The summed E-state index contributed by atoms with van der Waals surface area (Å²) in [7, 11) is 2.15. The molecule has 1 spiro atoms. The van der Waals surface area contributed by atoms with Gasteiger partial charge in [-0.1, -0.05) is 13.8 Å². The Morgan fingerprint density at radius 3 is 2.00 bits per heavy atom. The summed E-state index contributed by atoms with van der Waals surface area (Å²) in [6.45, 7) is 6.42. The van der Waals surface area contributed by atoms with Gasteiger partial charge in [-0.3, -0.25) is 0 Å². The predicted octanol–water partition coefficient (Wildman–Crippen LogP) is 2.86. The lowest BCUT2D eigenvalue weighted by atomic mass is 9.68. The second-order valence-corrected chi connectivity index (χ2v) is 4.35. The molecule has 0 aromatic carbocycles. The smallest absolute Gasteiger partial charge is 0.100 e. The van der Waals surface area contributed by atoms with Crippen LogP contribution in [0.2, 0.25) is 0 Å². The van der Waals surface area contributed by atoms with Crippen LogP contribution in [-0.2, 0) is 0 Å². The van der Waals surface area contributed by atoms with Crippen LogP contribution in [0.4, 0.5) is 4.39 Å². The number of hydrogen-bond acceptors (Lipinski definition) is 1. The summed E-state index contributed by atoms with van der Waals surface area (Å²) in [6, 6.07) is 0. The topological polar surface area (TPSA) is 3.24 Å². The maximum atomic E-state index is 12.8. The molecule has 1 saturated heterocycles. The van der Waals surface area contributed by atoms with Gasteiger partial charge in [-0.05, 0) is 38.1 Å². The third-order valence-electron chi connectivity index (χ3n) is 3.19. The van der Waals surface area contributed by atoms with Gasteiger partial charge in [0.1, 0.15) is 6.17 Å². The summed E-state index contributed by atoms with van der Waals surface area (Å²) in [6.07, 6.45) is 3.38. The minimum Gasteiger partial charge on any atom is -0.305 e. The van der Waals surface area contributed by atoms with E-state index in [4.69, 9.17) is 0 Å². The minimum atomic E-state index is -0.494. The second kappa shape index (κ2) is 4.41. The molecule has 2 fully saturated rings. The van der Waals surface area contributed by atoms with Crippen LogP contribution in [0.3, 0.4) is 0 Å². The molecule has 1 nitrogen and oxygen atoms in total. The monoisotopic (exact) mass is 187 g/mol. The first-order valence-electron chi connectivity index (χ1n) is 5.53. The van der Waals surface area contributed by atoms with Crippen molar-refractivity contribution >= 4 is 0 Å². The Labute approximate surface area is 81.3 Å². The van der Waals surface area contributed by atoms with Gasteiger partial charge < -0.3 is 4.90 Å². The molecular formula is C11H22FN. The fourth-order valence-electron chi connectivity index (χ4n) is 2.61. The van der Waals surface area contributed by atoms with E-state index in [-0.39, 0.29) is 0 Å². The van der Waals surface area contributed by atoms with Gasteiger partial charge in [-0.15, -0.1) is 0 Å². The van der Waals surface area contributed by atoms with Crippen molar-refractivity contribution in [1.29, 1.82) is 0 Å². The van der Waals surface area contributed by atoms with E-state index in [2.05, 4.69) is 11.9 Å². The number of nitrogens with zero attached hydrogens (tertiary/aromatic N) is 1. The third-order valence-corrected chi connectivity index (χ3v) is 3.19. The van der Waals surface area contributed by atoms with Gasteiger partial charge in [0.2, 0.25) is 0 Å². The van der Waals surface area contributed by atoms with Gasteiger partial charge >= 0.3 is 0 Å². The number of likely N-dealkylation sites (tertiary alicyclic amines) is 1. The molecule has 0 aromatic rings. The fourth-order valence-corrected chi connectivity index (χ4v) is 2.61. The summed E-state index contributed by atoms with van der Waals surface area (Å²) in [5.74, 6) is 0. The van der Waals surface area contributed by atoms with Gasteiger partial charge in [0.15, 0.2) is 0 Å². The maximum Gasteiger partial charge on any atom is 0.100 e. The zero-order chi connectivity index (χ0) is 9.90.